The van der Waals surface area contributed by atoms with Crippen molar-refractivity contribution in [1.29, 1.82) is 0 Å². The Morgan fingerprint density at radius 3 is 1.59 bits per heavy atom. The number of ether oxygens (including phenoxy) is 7. The van der Waals surface area contributed by atoms with Crippen LogP contribution >= 0.6 is 11.8 Å². The summed E-state index contributed by atoms with van der Waals surface area (Å²) in [7, 11) is -2.45. The number of hydrogen-bond donors (Lipinski definition) is 0. The van der Waals surface area contributed by atoms with Crippen LogP contribution in [0.25, 0.3) is 0 Å². The van der Waals surface area contributed by atoms with Gasteiger partial charge in [0.15, 0.2) is 20.7 Å². The standard InChI is InChI=1S/C43H60O9SSi/c1-10-53-42-40(47-28-34-24-18-13-19-25-34)37(45-26-32-20-14-11-15-21-32)35(30(3)49-42)51-41-39(46-27-33-22-16-12-17-23-33)38(52-54(8,9)43(5,6)7)36(29(2)48-41)50-31(4)44/h11-25,29-30,35-42H,10,26-28H2,1-9H3/t29-,30-,35+,36+,37+,38+,39-,40-,41-,42+/m0/s1. The van der Waals surface area contributed by atoms with Gasteiger partial charge in [0.1, 0.15) is 36.0 Å². The van der Waals surface area contributed by atoms with E-state index in [0.29, 0.717) is 13.2 Å². The van der Waals surface area contributed by atoms with E-state index < -0.39 is 69.4 Å². The zero-order valence-electron chi connectivity index (χ0n) is 33.3. The molecule has 9 nitrogen and oxygen atoms in total. The van der Waals surface area contributed by atoms with Crippen LogP contribution in [0.1, 0.15) is 65.2 Å². The van der Waals surface area contributed by atoms with E-state index in [2.05, 4.69) is 52.9 Å². The molecule has 0 spiro atoms. The normalized spacial score (nSPS) is 29.1. The molecule has 0 bridgehead atoms. The van der Waals surface area contributed by atoms with Crippen LogP contribution in [0, 0.1) is 0 Å². The second kappa shape index (κ2) is 19.5. The van der Waals surface area contributed by atoms with Crippen LogP contribution < -0.4 is 0 Å². The Morgan fingerprint density at radius 2 is 1.13 bits per heavy atom. The van der Waals surface area contributed by atoms with Crippen LogP contribution in [0.3, 0.4) is 0 Å². The van der Waals surface area contributed by atoms with Crippen molar-refractivity contribution in [3.63, 3.8) is 0 Å². The average molecular weight is 781 g/mol. The Bertz CT molecular complexity index is 1560. The molecule has 10 atom stereocenters. The molecule has 0 aromatic heterocycles. The van der Waals surface area contributed by atoms with Gasteiger partial charge >= 0.3 is 5.97 Å². The first-order valence-corrected chi connectivity index (χ1v) is 23.1. The molecular weight excluding hydrogens is 721 g/mol. The van der Waals surface area contributed by atoms with Crippen molar-refractivity contribution in [1.82, 2.24) is 0 Å². The quantitative estimate of drug-likeness (QED) is 0.104. The van der Waals surface area contributed by atoms with Gasteiger partial charge in [0.25, 0.3) is 0 Å². The fraction of sp³-hybridized carbons (Fsp3) is 0.558. The second-order valence-corrected chi connectivity index (χ2v) is 21.8. The zero-order valence-corrected chi connectivity index (χ0v) is 35.2. The summed E-state index contributed by atoms with van der Waals surface area (Å²) in [6.45, 7) is 19.4. The van der Waals surface area contributed by atoms with Crippen molar-refractivity contribution >= 4 is 26.0 Å². The molecule has 2 saturated heterocycles. The zero-order chi connectivity index (χ0) is 38.9. The highest BCUT2D eigenvalue weighted by molar-refractivity contribution is 7.99. The predicted molar refractivity (Wildman–Crippen MR) is 214 cm³/mol. The van der Waals surface area contributed by atoms with Crippen molar-refractivity contribution in [3.05, 3.63) is 108 Å². The molecule has 54 heavy (non-hydrogen) atoms. The third-order valence-electron chi connectivity index (χ3n) is 10.5. The lowest BCUT2D eigenvalue weighted by Gasteiger charge is -2.51. The van der Waals surface area contributed by atoms with Gasteiger partial charge < -0.3 is 37.6 Å². The lowest BCUT2D eigenvalue weighted by atomic mass is 9.97. The van der Waals surface area contributed by atoms with E-state index in [1.54, 1.807) is 11.8 Å². The van der Waals surface area contributed by atoms with Crippen LogP contribution in [0.4, 0.5) is 0 Å². The SMILES string of the molecule is CCS[C@H]1O[C@@H](C)[C@@H](O[C@@H]2O[C@@H](C)[C@@H](OC(C)=O)[C@@H](O[Si](C)(C)C(C)(C)C)[C@@H]2OCc2ccccc2)[C@@H](OCc2ccccc2)[C@@H]1OCc1ccccc1. The summed E-state index contributed by atoms with van der Waals surface area (Å²) in [6.07, 6.45) is -5.70. The van der Waals surface area contributed by atoms with Crippen molar-refractivity contribution in [2.24, 2.45) is 0 Å². The monoisotopic (exact) mass is 780 g/mol. The van der Waals surface area contributed by atoms with E-state index >= 15 is 0 Å². The van der Waals surface area contributed by atoms with E-state index in [1.807, 2.05) is 92.7 Å². The molecule has 2 heterocycles. The van der Waals surface area contributed by atoms with Crippen molar-refractivity contribution in [2.45, 2.75) is 147 Å². The highest BCUT2D eigenvalue weighted by Gasteiger charge is 2.55. The number of carbonyl (C=O) groups excluding carboxylic acids is 1. The molecular formula is C43H60O9SSi. The van der Waals surface area contributed by atoms with Gasteiger partial charge in [-0.2, -0.15) is 0 Å². The van der Waals surface area contributed by atoms with Gasteiger partial charge in [-0.05, 0) is 54.4 Å². The Kier molecular flexibility index (Phi) is 15.4. The lowest BCUT2D eigenvalue weighted by molar-refractivity contribution is -0.342. The van der Waals surface area contributed by atoms with E-state index in [9.17, 15) is 4.79 Å². The first-order chi connectivity index (χ1) is 25.8. The largest absolute Gasteiger partial charge is 0.457 e. The number of carbonyl (C=O) groups is 1. The summed E-state index contributed by atoms with van der Waals surface area (Å²) in [5, 5.41) is -0.132. The van der Waals surface area contributed by atoms with E-state index in [1.165, 1.54) is 6.92 Å². The molecule has 0 N–H and O–H groups in total. The molecule has 5 rings (SSSR count). The predicted octanol–water partition coefficient (Wildman–Crippen LogP) is 8.69. The Labute approximate surface area is 327 Å². The fourth-order valence-electron chi connectivity index (χ4n) is 6.54. The number of rotatable bonds is 16. The minimum atomic E-state index is -2.45. The minimum Gasteiger partial charge on any atom is -0.457 e. The summed E-state index contributed by atoms with van der Waals surface area (Å²) >= 11 is 1.69. The molecule has 0 saturated carbocycles. The first-order valence-electron chi connectivity index (χ1n) is 19.2. The van der Waals surface area contributed by atoms with E-state index in [0.717, 1.165) is 22.4 Å². The molecule has 11 heteroatoms. The third kappa shape index (κ3) is 11.3. The number of benzene rings is 3. The van der Waals surface area contributed by atoms with Gasteiger partial charge in [-0.1, -0.05) is 119 Å². The van der Waals surface area contributed by atoms with Crippen LogP contribution in [-0.4, -0.2) is 80.6 Å². The number of esters is 1. The maximum absolute atomic E-state index is 12.6. The Balaban J connectivity index is 1.52. The van der Waals surface area contributed by atoms with Gasteiger partial charge in [0.2, 0.25) is 0 Å². The maximum Gasteiger partial charge on any atom is 0.303 e. The molecule has 0 aliphatic carbocycles. The molecule has 3 aromatic rings. The van der Waals surface area contributed by atoms with Gasteiger partial charge in [-0.15, -0.1) is 11.8 Å². The third-order valence-corrected chi connectivity index (χ3v) is 16.0. The van der Waals surface area contributed by atoms with Gasteiger partial charge in [0, 0.05) is 6.92 Å². The smallest absolute Gasteiger partial charge is 0.303 e. The molecule has 2 fully saturated rings. The van der Waals surface area contributed by atoms with E-state index in [-0.39, 0.29) is 17.1 Å². The van der Waals surface area contributed by atoms with Gasteiger partial charge in [-0.3, -0.25) is 4.79 Å². The summed E-state index contributed by atoms with van der Waals surface area (Å²) in [6, 6.07) is 30.2. The van der Waals surface area contributed by atoms with E-state index in [4.69, 9.17) is 37.6 Å². The van der Waals surface area contributed by atoms with Gasteiger partial charge in [-0.25, -0.2) is 0 Å². The first kappa shape index (κ1) is 42.6. The molecule has 2 aliphatic rings. The van der Waals surface area contributed by atoms with Crippen LogP contribution in [0.2, 0.25) is 18.1 Å². The summed E-state index contributed by atoms with van der Waals surface area (Å²) in [5.74, 6) is 0.421. The topological polar surface area (TPSA) is 90.9 Å². The number of thioether (sulfide) groups is 1. The maximum atomic E-state index is 12.6. The Hall–Kier alpha value is -2.58. The number of hydrogen-bond acceptors (Lipinski definition) is 10. The lowest BCUT2D eigenvalue weighted by Crippen LogP contribution is -2.66. The van der Waals surface area contributed by atoms with Crippen LogP contribution in [-0.2, 0) is 62.2 Å². The van der Waals surface area contributed by atoms with Gasteiger partial charge in [0.05, 0.1) is 32.0 Å². The van der Waals surface area contributed by atoms with Crippen molar-refractivity contribution < 1.29 is 42.4 Å². The molecule has 0 radical (unpaired) electrons. The molecule has 0 amide bonds. The molecule has 0 unspecified atom stereocenters. The molecule has 3 aromatic carbocycles. The summed E-state index contributed by atoms with van der Waals surface area (Å²) in [5.41, 5.74) is 2.78. The highest BCUT2D eigenvalue weighted by Crippen LogP contribution is 2.42. The Morgan fingerprint density at radius 1 is 0.667 bits per heavy atom. The highest BCUT2D eigenvalue weighted by atomic mass is 32.2. The van der Waals surface area contributed by atoms with Crippen molar-refractivity contribution in [3.8, 4) is 0 Å². The van der Waals surface area contributed by atoms with Crippen LogP contribution in [0.15, 0.2) is 91.0 Å². The molecule has 2 aliphatic heterocycles. The second-order valence-electron chi connectivity index (χ2n) is 15.7. The van der Waals surface area contributed by atoms with Crippen molar-refractivity contribution in [2.75, 3.05) is 5.75 Å². The average Bonchev–Trinajstić information content (AvgIpc) is 3.13. The van der Waals surface area contributed by atoms with Crippen LogP contribution in [0.5, 0.6) is 0 Å². The summed E-state index contributed by atoms with van der Waals surface area (Å²) < 4.78 is 54.0. The summed E-state index contributed by atoms with van der Waals surface area (Å²) in [4.78, 5) is 12.6. The minimum absolute atomic E-state index is 0.132. The fourth-order valence-corrected chi connectivity index (χ4v) is 8.85. The molecule has 296 valence electrons.